The van der Waals surface area contributed by atoms with Gasteiger partial charge in [-0.3, -0.25) is 4.79 Å². The summed E-state index contributed by atoms with van der Waals surface area (Å²) in [4.78, 5) is 15.4. The topological polar surface area (TPSA) is 46.3 Å². The standard InChI is InChI=1S/C14H20N2OS/c1-2-3-6-11(15)14(17)16-9-10-18-13-8-5-4-7-12(13)16/h4-5,7-8,11H,2-3,6,9-10,15H2,1H3. The summed E-state index contributed by atoms with van der Waals surface area (Å²) < 4.78 is 0. The van der Waals surface area contributed by atoms with Crippen LogP contribution in [0.4, 0.5) is 5.69 Å². The molecule has 0 aliphatic carbocycles. The van der Waals surface area contributed by atoms with Crippen LogP contribution in [0.25, 0.3) is 0 Å². The first-order valence-corrected chi connectivity index (χ1v) is 7.51. The lowest BCUT2D eigenvalue weighted by Crippen LogP contribution is -2.46. The Morgan fingerprint density at radius 3 is 3.06 bits per heavy atom. The largest absolute Gasteiger partial charge is 0.320 e. The summed E-state index contributed by atoms with van der Waals surface area (Å²) in [6, 6.07) is 7.70. The van der Waals surface area contributed by atoms with Crippen LogP contribution < -0.4 is 10.6 Å². The zero-order valence-corrected chi connectivity index (χ0v) is 11.6. The van der Waals surface area contributed by atoms with Crippen molar-refractivity contribution in [3.8, 4) is 0 Å². The Hall–Kier alpha value is -1.00. The van der Waals surface area contributed by atoms with Crippen LogP contribution in [-0.4, -0.2) is 24.2 Å². The fourth-order valence-electron chi connectivity index (χ4n) is 2.15. The molecular formula is C14H20N2OS. The van der Waals surface area contributed by atoms with Crippen LogP contribution in [0.15, 0.2) is 29.2 Å². The molecule has 3 nitrogen and oxygen atoms in total. The van der Waals surface area contributed by atoms with Crippen LogP contribution >= 0.6 is 11.8 Å². The van der Waals surface area contributed by atoms with Gasteiger partial charge in [0.15, 0.2) is 0 Å². The molecule has 2 N–H and O–H groups in total. The highest BCUT2D eigenvalue weighted by atomic mass is 32.2. The molecule has 0 spiro atoms. The average molecular weight is 264 g/mol. The molecule has 1 atom stereocenters. The maximum atomic E-state index is 12.4. The van der Waals surface area contributed by atoms with E-state index in [0.29, 0.717) is 0 Å². The molecular weight excluding hydrogens is 244 g/mol. The van der Waals surface area contributed by atoms with Crippen molar-refractivity contribution >= 4 is 23.4 Å². The van der Waals surface area contributed by atoms with Gasteiger partial charge in [0.2, 0.25) is 5.91 Å². The molecule has 18 heavy (non-hydrogen) atoms. The summed E-state index contributed by atoms with van der Waals surface area (Å²) >= 11 is 1.80. The van der Waals surface area contributed by atoms with E-state index in [9.17, 15) is 4.79 Å². The lowest BCUT2D eigenvalue weighted by Gasteiger charge is -2.30. The highest BCUT2D eigenvalue weighted by Crippen LogP contribution is 2.34. The molecule has 1 aliphatic heterocycles. The molecule has 1 heterocycles. The number of hydrogen-bond donors (Lipinski definition) is 1. The van der Waals surface area contributed by atoms with Gasteiger partial charge in [0.1, 0.15) is 0 Å². The van der Waals surface area contributed by atoms with E-state index < -0.39 is 0 Å². The number of amides is 1. The maximum Gasteiger partial charge on any atom is 0.243 e. The molecule has 0 bridgehead atoms. The van der Waals surface area contributed by atoms with Crippen molar-refractivity contribution < 1.29 is 4.79 Å². The van der Waals surface area contributed by atoms with Crippen molar-refractivity contribution in [1.29, 1.82) is 0 Å². The minimum absolute atomic E-state index is 0.0659. The second-order valence-electron chi connectivity index (χ2n) is 4.55. The monoisotopic (exact) mass is 264 g/mol. The molecule has 1 aliphatic rings. The number of carbonyl (C=O) groups excluding carboxylic acids is 1. The SMILES string of the molecule is CCCCC(N)C(=O)N1CCSc2ccccc21. The van der Waals surface area contributed by atoms with Crippen molar-refractivity contribution in [2.24, 2.45) is 5.73 Å². The van der Waals surface area contributed by atoms with Crippen LogP contribution in [0, 0.1) is 0 Å². The second-order valence-corrected chi connectivity index (χ2v) is 5.69. The smallest absolute Gasteiger partial charge is 0.243 e. The Morgan fingerprint density at radius 2 is 2.28 bits per heavy atom. The molecule has 2 rings (SSSR count). The number of benzene rings is 1. The van der Waals surface area contributed by atoms with E-state index in [0.717, 1.165) is 37.2 Å². The Kier molecular flexibility index (Phi) is 4.66. The number of fused-ring (bicyclic) bond motifs is 1. The second kappa shape index (κ2) is 6.25. The first-order chi connectivity index (χ1) is 8.74. The quantitative estimate of drug-likeness (QED) is 0.909. The molecule has 1 aromatic carbocycles. The average Bonchev–Trinajstić information content (AvgIpc) is 2.43. The van der Waals surface area contributed by atoms with E-state index >= 15 is 0 Å². The number of nitrogens with two attached hydrogens (primary N) is 1. The van der Waals surface area contributed by atoms with Gasteiger partial charge in [-0.1, -0.05) is 31.9 Å². The number of nitrogens with zero attached hydrogens (tertiary/aromatic N) is 1. The lowest BCUT2D eigenvalue weighted by molar-refractivity contribution is -0.120. The van der Waals surface area contributed by atoms with Crippen molar-refractivity contribution in [2.75, 3.05) is 17.2 Å². The van der Waals surface area contributed by atoms with E-state index in [-0.39, 0.29) is 11.9 Å². The highest BCUT2D eigenvalue weighted by Gasteiger charge is 2.26. The fourth-order valence-corrected chi connectivity index (χ4v) is 3.14. The van der Waals surface area contributed by atoms with Crippen molar-refractivity contribution in [3.63, 3.8) is 0 Å². The third-order valence-corrected chi connectivity index (χ3v) is 4.22. The number of para-hydroxylation sites is 1. The minimum Gasteiger partial charge on any atom is -0.320 e. The molecule has 1 aromatic rings. The van der Waals surface area contributed by atoms with Crippen molar-refractivity contribution in [3.05, 3.63) is 24.3 Å². The van der Waals surface area contributed by atoms with Crippen LogP contribution in [0.5, 0.6) is 0 Å². The number of unbranched alkanes of at least 4 members (excludes halogenated alkanes) is 1. The third kappa shape index (κ3) is 2.87. The number of hydrogen-bond acceptors (Lipinski definition) is 3. The molecule has 4 heteroatoms. The Morgan fingerprint density at radius 1 is 1.50 bits per heavy atom. The van der Waals surface area contributed by atoms with Gasteiger partial charge in [-0.2, -0.15) is 0 Å². The van der Waals surface area contributed by atoms with Gasteiger partial charge in [0, 0.05) is 17.2 Å². The summed E-state index contributed by atoms with van der Waals surface area (Å²) in [5, 5.41) is 0. The molecule has 0 saturated heterocycles. The zero-order valence-electron chi connectivity index (χ0n) is 10.8. The third-order valence-electron chi connectivity index (χ3n) is 3.18. The number of thioether (sulfide) groups is 1. The van der Waals surface area contributed by atoms with Crippen LogP contribution in [0.1, 0.15) is 26.2 Å². The summed E-state index contributed by atoms with van der Waals surface area (Å²) in [5.74, 6) is 1.01. The van der Waals surface area contributed by atoms with Crippen molar-refractivity contribution in [1.82, 2.24) is 0 Å². The zero-order chi connectivity index (χ0) is 13.0. The number of rotatable bonds is 4. The minimum atomic E-state index is -0.360. The van der Waals surface area contributed by atoms with Gasteiger partial charge >= 0.3 is 0 Å². The van der Waals surface area contributed by atoms with Crippen LogP contribution in [0.3, 0.4) is 0 Å². The van der Waals surface area contributed by atoms with Gasteiger partial charge in [0.25, 0.3) is 0 Å². The van der Waals surface area contributed by atoms with Crippen LogP contribution in [0.2, 0.25) is 0 Å². The van der Waals surface area contributed by atoms with Crippen LogP contribution in [-0.2, 0) is 4.79 Å². The number of anilines is 1. The van der Waals surface area contributed by atoms with Gasteiger partial charge in [-0.05, 0) is 18.6 Å². The summed E-state index contributed by atoms with van der Waals surface area (Å²) in [6.07, 6.45) is 2.87. The highest BCUT2D eigenvalue weighted by molar-refractivity contribution is 7.99. The molecule has 1 unspecified atom stereocenters. The fraction of sp³-hybridized carbons (Fsp3) is 0.500. The van der Waals surface area contributed by atoms with E-state index in [1.54, 1.807) is 11.8 Å². The summed E-state index contributed by atoms with van der Waals surface area (Å²) in [7, 11) is 0. The first kappa shape index (κ1) is 13.4. The Balaban J connectivity index is 2.12. The Labute approximate surface area is 113 Å². The van der Waals surface area contributed by atoms with Gasteiger partial charge in [-0.25, -0.2) is 0 Å². The lowest BCUT2D eigenvalue weighted by atomic mass is 10.1. The first-order valence-electron chi connectivity index (χ1n) is 6.53. The van der Waals surface area contributed by atoms with E-state index in [4.69, 9.17) is 5.73 Å². The van der Waals surface area contributed by atoms with Gasteiger partial charge in [0.05, 0.1) is 11.7 Å². The van der Waals surface area contributed by atoms with E-state index in [1.807, 2.05) is 23.1 Å². The molecule has 0 saturated carbocycles. The normalized spacial score (nSPS) is 16.2. The van der Waals surface area contributed by atoms with E-state index in [2.05, 4.69) is 13.0 Å². The summed E-state index contributed by atoms with van der Waals surface area (Å²) in [5.41, 5.74) is 7.01. The summed E-state index contributed by atoms with van der Waals surface area (Å²) in [6.45, 7) is 2.88. The molecule has 0 radical (unpaired) electrons. The van der Waals surface area contributed by atoms with Gasteiger partial charge < -0.3 is 10.6 Å². The molecule has 1 amide bonds. The number of carbonyl (C=O) groups is 1. The van der Waals surface area contributed by atoms with Gasteiger partial charge in [-0.15, -0.1) is 11.8 Å². The predicted molar refractivity (Wildman–Crippen MR) is 77.0 cm³/mol. The molecule has 0 fully saturated rings. The van der Waals surface area contributed by atoms with E-state index in [1.165, 1.54) is 4.90 Å². The molecule has 98 valence electrons. The Bertz CT molecular complexity index is 422. The maximum absolute atomic E-state index is 12.4. The van der Waals surface area contributed by atoms with Crippen molar-refractivity contribution in [2.45, 2.75) is 37.1 Å². The predicted octanol–water partition coefficient (Wildman–Crippen LogP) is 2.64. The molecule has 0 aromatic heterocycles.